The van der Waals surface area contributed by atoms with Gasteiger partial charge in [0.1, 0.15) is 16.4 Å². The maximum absolute atomic E-state index is 12.7. The molecule has 1 aromatic heterocycles. The number of amides is 1. The Morgan fingerprint density at radius 1 is 1.04 bits per heavy atom. The fourth-order valence-electron chi connectivity index (χ4n) is 2.35. The predicted octanol–water partition coefficient (Wildman–Crippen LogP) is 6.13. The Labute approximate surface area is 163 Å². The summed E-state index contributed by atoms with van der Waals surface area (Å²) >= 11 is 19.9. The standard InChI is InChI=1S/C17H12Cl3NO3S/c1-23-11-7-10(12(24-2)6-9(11)19)21-17(22)16-15(20)14-8(18)4-3-5-13(14)25-16/h3-7H,1-2H3,(H,21,22). The number of anilines is 1. The number of thiophene rings is 1. The quantitative estimate of drug-likeness (QED) is 0.556. The number of ether oxygens (including phenoxy) is 2. The highest BCUT2D eigenvalue weighted by atomic mass is 35.5. The van der Waals surface area contributed by atoms with Crippen molar-refractivity contribution in [1.82, 2.24) is 0 Å². The van der Waals surface area contributed by atoms with E-state index in [1.165, 1.54) is 25.6 Å². The molecule has 0 aliphatic heterocycles. The van der Waals surface area contributed by atoms with Crippen molar-refractivity contribution < 1.29 is 14.3 Å². The van der Waals surface area contributed by atoms with E-state index in [4.69, 9.17) is 44.3 Å². The van der Waals surface area contributed by atoms with Crippen LogP contribution in [0.1, 0.15) is 9.67 Å². The third-order valence-electron chi connectivity index (χ3n) is 3.53. The molecule has 1 heterocycles. The fraction of sp³-hybridized carbons (Fsp3) is 0.118. The topological polar surface area (TPSA) is 47.6 Å². The molecule has 0 saturated heterocycles. The van der Waals surface area contributed by atoms with Gasteiger partial charge in [-0.1, -0.05) is 40.9 Å². The Hall–Kier alpha value is -1.66. The zero-order valence-electron chi connectivity index (χ0n) is 13.2. The molecule has 0 atom stereocenters. The van der Waals surface area contributed by atoms with Gasteiger partial charge in [-0.05, 0) is 12.1 Å². The number of halogens is 3. The van der Waals surface area contributed by atoms with Crippen LogP contribution in [-0.4, -0.2) is 20.1 Å². The van der Waals surface area contributed by atoms with E-state index < -0.39 is 0 Å². The number of nitrogens with one attached hydrogen (secondary N) is 1. The SMILES string of the molecule is COc1cc(NC(=O)c2sc3cccc(Cl)c3c2Cl)c(OC)cc1Cl. The van der Waals surface area contributed by atoms with Crippen LogP contribution in [0.4, 0.5) is 5.69 Å². The van der Waals surface area contributed by atoms with E-state index in [0.29, 0.717) is 42.5 Å². The highest BCUT2D eigenvalue weighted by Gasteiger charge is 2.20. The van der Waals surface area contributed by atoms with E-state index in [-0.39, 0.29) is 5.91 Å². The second-order valence-corrected chi connectivity index (χ2v) is 7.24. The smallest absolute Gasteiger partial charge is 0.267 e. The molecule has 0 aliphatic rings. The Morgan fingerprint density at radius 2 is 1.76 bits per heavy atom. The first-order chi connectivity index (χ1) is 12.0. The maximum Gasteiger partial charge on any atom is 0.267 e. The van der Waals surface area contributed by atoms with Crippen molar-refractivity contribution in [3.05, 3.63) is 50.3 Å². The molecule has 0 radical (unpaired) electrons. The molecule has 0 spiro atoms. The molecule has 3 rings (SSSR count). The minimum absolute atomic E-state index is 0.322. The third kappa shape index (κ3) is 3.37. The maximum atomic E-state index is 12.7. The van der Waals surface area contributed by atoms with E-state index in [1.54, 1.807) is 18.2 Å². The Morgan fingerprint density at radius 3 is 2.40 bits per heavy atom. The van der Waals surface area contributed by atoms with Gasteiger partial charge in [0.15, 0.2) is 0 Å². The Bertz CT molecular complexity index is 971. The first-order valence-electron chi connectivity index (χ1n) is 7.05. The molecule has 1 amide bonds. The van der Waals surface area contributed by atoms with Crippen molar-refractivity contribution in [2.24, 2.45) is 0 Å². The number of methoxy groups -OCH3 is 2. The number of rotatable bonds is 4. The van der Waals surface area contributed by atoms with Crippen LogP contribution >= 0.6 is 46.1 Å². The van der Waals surface area contributed by atoms with Crippen LogP contribution in [-0.2, 0) is 0 Å². The van der Waals surface area contributed by atoms with E-state index in [9.17, 15) is 4.79 Å². The first kappa shape index (κ1) is 18.1. The molecule has 130 valence electrons. The van der Waals surface area contributed by atoms with E-state index in [0.717, 1.165) is 4.70 Å². The molecule has 1 N–H and O–H groups in total. The van der Waals surface area contributed by atoms with Gasteiger partial charge in [-0.25, -0.2) is 0 Å². The number of hydrogen-bond acceptors (Lipinski definition) is 4. The van der Waals surface area contributed by atoms with Gasteiger partial charge < -0.3 is 14.8 Å². The minimum Gasteiger partial charge on any atom is -0.495 e. The highest BCUT2D eigenvalue weighted by molar-refractivity contribution is 7.21. The van der Waals surface area contributed by atoms with Gasteiger partial charge in [0, 0.05) is 22.2 Å². The largest absolute Gasteiger partial charge is 0.495 e. The molecule has 0 aliphatic carbocycles. The summed E-state index contributed by atoms with van der Waals surface area (Å²) in [5, 5.41) is 4.65. The van der Waals surface area contributed by atoms with E-state index in [1.807, 2.05) is 12.1 Å². The van der Waals surface area contributed by atoms with Crippen LogP contribution in [0.25, 0.3) is 10.1 Å². The van der Waals surface area contributed by atoms with Gasteiger partial charge in [-0.3, -0.25) is 4.79 Å². The first-order valence-corrected chi connectivity index (χ1v) is 9.00. The van der Waals surface area contributed by atoms with Crippen LogP contribution in [0.3, 0.4) is 0 Å². The highest BCUT2D eigenvalue weighted by Crippen LogP contribution is 2.41. The van der Waals surface area contributed by atoms with Crippen LogP contribution in [0.5, 0.6) is 11.5 Å². The number of carbonyl (C=O) groups excluding carboxylic acids is 1. The molecular weight excluding hydrogens is 405 g/mol. The van der Waals surface area contributed by atoms with Gasteiger partial charge in [0.2, 0.25) is 0 Å². The normalized spacial score (nSPS) is 10.8. The molecule has 4 nitrogen and oxygen atoms in total. The lowest BCUT2D eigenvalue weighted by molar-refractivity contribution is 0.103. The van der Waals surface area contributed by atoms with E-state index >= 15 is 0 Å². The zero-order valence-corrected chi connectivity index (χ0v) is 16.2. The third-order valence-corrected chi connectivity index (χ3v) is 5.79. The molecule has 0 unspecified atom stereocenters. The van der Waals surface area contributed by atoms with Gasteiger partial charge in [-0.2, -0.15) is 0 Å². The summed E-state index contributed by atoms with van der Waals surface area (Å²) in [7, 11) is 2.98. The predicted molar refractivity (Wildman–Crippen MR) is 104 cm³/mol. The van der Waals surface area contributed by atoms with Crippen molar-refractivity contribution in [2.75, 3.05) is 19.5 Å². The summed E-state index contributed by atoms with van der Waals surface area (Å²) in [6.45, 7) is 0. The fourth-order valence-corrected chi connectivity index (χ4v) is 4.44. The summed E-state index contributed by atoms with van der Waals surface area (Å²) < 4.78 is 11.3. The van der Waals surface area contributed by atoms with Gasteiger partial charge >= 0.3 is 0 Å². The second kappa shape index (κ2) is 7.30. The molecule has 25 heavy (non-hydrogen) atoms. The van der Waals surface area contributed by atoms with E-state index in [2.05, 4.69) is 5.32 Å². The zero-order chi connectivity index (χ0) is 18.1. The lowest BCUT2D eigenvalue weighted by Gasteiger charge is -2.12. The van der Waals surface area contributed by atoms with Crippen molar-refractivity contribution >= 4 is 67.8 Å². The summed E-state index contributed by atoms with van der Waals surface area (Å²) in [5.41, 5.74) is 0.424. The number of benzene rings is 2. The lowest BCUT2D eigenvalue weighted by Crippen LogP contribution is -2.11. The summed E-state index contributed by atoms with van der Waals surface area (Å²) in [6, 6.07) is 8.57. The van der Waals surface area contributed by atoms with Crippen molar-refractivity contribution in [1.29, 1.82) is 0 Å². The molecule has 0 saturated carbocycles. The lowest BCUT2D eigenvalue weighted by atomic mass is 10.2. The molecule has 0 fully saturated rings. The van der Waals surface area contributed by atoms with Crippen LogP contribution in [0, 0.1) is 0 Å². The van der Waals surface area contributed by atoms with Gasteiger partial charge in [-0.15, -0.1) is 11.3 Å². The molecule has 3 aromatic rings. The Balaban J connectivity index is 2.01. The van der Waals surface area contributed by atoms with Crippen LogP contribution in [0.2, 0.25) is 15.1 Å². The summed E-state index contributed by atoms with van der Waals surface area (Å²) in [5.74, 6) is 0.461. The molecule has 8 heteroatoms. The molecule has 0 bridgehead atoms. The second-order valence-electron chi connectivity index (χ2n) is 5.00. The number of carbonyl (C=O) groups is 1. The minimum atomic E-state index is -0.370. The van der Waals surface area contributed by atoms with Gasteiger partial charge in [0.25, 0.3) is 5.91 Å². The van der Waals surface area contributed by atoms with Crippen LogP contribution < -0.4 is 14.8 Å². The average Bonchev–Trinajstić information content (AvgIpc) is 2.94. The molecule has 2 aromatic carbocycles. The van der Waals surface area contributed by atoms with Gasteiger partial charge in [0.05, 0.1) is 35.0 Å². The number of hydrogen-bond donors (Lipinski definition) is 1. The summed E-state index contributed by atoms with van der Waals surface area (Å²) in [4.78, 5) is 13.1. The van der Waals surface area contributed by atoms with Crippen molar-refractivity contribution in [3.8, 4) is 11.5 Å². The molecular formula is C17H12Cl3NO3S. The van der Waals surface area contributed by atoms with Crippen LogP contribution in [0.15, 0.2) is 30.3 Å². The monoisotopic (exact) mass is 415 g/mol. The average molecular weight is 417 g/mol. The summed E-state index contributed by atoms with van der Waals surface area (Å²) in [6.07, 6.45) is 0. The van der Waals surface area contributed by atoms with Crippen molar-refractivity contribution in [3.63, 3.8) is 0 Å². The number of fused-ring (bicyclic) bond motifs is 1. The Kier molecular flexibility index (Phi) is 5.29. The van der Waals surface area contributed by atoms with Crippen molar-refractivity contribution in [2.45, 2.75) is 0 Å².